The summed E-state index contributed by atoms with van der Waals surface area (Å²) in [5.74, 6) is -8.51. The number of urea groups is 1. The largest absolute Gasteiger partial charge is 0.494 e. The minimum Gasteiger partial charge on any atom is -0.494 e. The number of benzene rings is 4. The van der Waals surface area contributed by atoms with Gasteiger partial charge in [-0.15, -0.1) is 0 Å². The van der Waals surface area contributed by atoms with Crippen molar-refractivity contribution in [1.29, 1.82) is 0 Å². The van der Waals surface area contributed by atoms with Crippen LogP contribution in [0.3, 0.4) is 0 Å². The number of aliphatic carboxylic acids is 1. The number of nitro benzene ring substituents is 1. The van der Waals surface area contributed by atoms with E-state index in [2.05, 4.69) is 19.4 Å². The number of halogens is 10. The Bertz CT molecular complexity index is 3160. The number of aromatic nitrogens is 2. The summed E-state index contributed by atoms with van der Waals surface area (Å²) in [6.07, 6.45) is -4.58. The summed E-state index contributed by atoms with van der Waals surface area (Å²) < 4.78 is 141. The molecule has 0 radical (unpaired) electrons. The van der Waals surface area contributed by atoms with E-state index in [4.69, 9.17) is 75.3 Å². The van der Waals surface area contributed by atoms with Gasteiger partial charge in [0.1, 0.15) is 33.6 Å². The van der Waals surface area contributed by atoms with Crippen LogP contribution in [0.5, 0.6) is 29.0 Å². The van der Waals surface area contributed by atoms with Gasteiger partial charge in [-0.1, -0.05) is 46.9 Å². The van der Waals surface area contributed by atoms with Gasteiger partial charge in [0.15, 0.2) is 13.1 Å². The fourth-order valence-corrected chi connectivity index (χ4v) is 7.72. The molecule has 4 aromatic carbocycles. The normalized spacial score (nSPS) is 12.1. The molecule has 0 aliphatic heterocycles. The number of aromatic carboxylic acids is 3. The minimum atomic E-state index is -4.71. The van der Waals surface area contributed by atoms with Gasteiger partial charge in [0.05, 0.1) is 44.3 Å². The number of nitrogens with zero attached hydrogens (tertiary/aromatic N) is 3. The highest BCUT2D eigenvalue weighted by Crippen LogP contribution is 2.38. The predicted octanol–water partition coefficient (Wildman–Crippen LogP) is 9.03. The van der Waals surface area contributed by atoms with Crippen LogP contribution in [0.15, 0.2) is 83.8 Å². The molecule has 1 heterocycles. The number of alkyl halides is 7. The number of amides is 2. The van der Waals surface area contributed by atoms with E-state index in [0.717, 1.165) is 42.5 Å². The molecule has 5 rings (SSSR count). The molecule has 25 nitrogen and oxygen atoms in total. The van der Waals surface area contributed by atoms with Gasteiger partial charge in [-0.3, -0.25) is 24.8 Å². The maximum atomic E-state index is 12.6. The average molecular weight is 1220 g/mol. The summed E-state index contributed by atoms with van der Waals surface area (Å²) >= 11 is 17.1. The standard InChI is InChI=1S/C14H7ClF3NO5.C14H10F4N4O7S.C8H6Cl2O3.C5H12NO4P/c15-10-5-7(14(16,17)18)1-4-12(10)24-8-2-3-11(19(22)23)9(6-8)13(20)21;15-11(16)28-8-5-9(29-12(17)18)20-13(19-8)21-14(25)22-30(26,27)7-4-2-1-3-6(7)10(23)24;1-13-7-5(10)3-2-4(9)6(7)8(11)12;1-11(9,10)3-2-4(6)5(7)8/h1-6H,(H,20,21);1-5,11-12H,(H,23,24)(H2,19,20,21,22,25);2-3H,1H3,(H,11,12);4H,2-3,6H2,1H3,(H,7,8)(H,9,10). The molecule has 0 aliphatic carbocycles. The summed E-state index contributed by atoms with van der Waals surface area (Å²) in [7, 11) is -6.48. The van der Waals surface area contributed by atoms with E-state index in [1.165, 1.54) is 42.8 Å². The monoisotopic (exact) mass is 1220 g/mol. The fraction of sp³-hybridized carbons (Fsp3) is 0.195. The molecule has 0 saturated carbocycles. The number of carbonyl (C=O) groups excluding carboxylic acids is 1. The number of hydrogen-bond acceptors (Lipinski definition) is 17. The molecule has 0 spiro atoms. The lowest BCUT2D eigenvalue weighted by molar-refractivity contribution is -0.385. The minimum absolute atomic E-state index is 0.0412. The van der Waals surface area contributed by atoms with Crippen LogP contribution in [0.25, 0.3) is 0 Å². The summed E-state index contributed by atoms with van der Waals surface area (Å²) in [6.45, 7) is -5.63. The van der Waals surface area contributed by atoms with Crippen molar-refractivity contribution in [3.8, 4) is 29.0 Å². The van der Waals surface area contributed by atoms with Crippen LogP contribution >= 0.6 is 42.2 Å². The van der Waals surface area contributed by atoms with Crippen LogP contribution in [0, 0.1) is 10.1 Å². The van der Waals surface area contributed by atoms with Crippen LogP contribution in [-0.2, 0) is 25.6 Å². The van der Waals surface area contributed by atoms with Gasteiger partial charge in [-0.05, 0) is 55.0 Å². The Morgan fingerprint density at radius 1 is 0.808 bits per heavy atom. The summed E-state index contributed by atoms with van der Waals surface area (Å²) in [5.41, 5.74) is 2.09. The highest BCUT2D eigenvalue weighted by Gasteiger charge is 2.31. The summed E-state index contributed by atoms with van der Waals surface area (Å²) in [5, 5.41) is 47.5. The summed E-state index contributed by atoms with van der Waals surface area (Å²) in [4.78, 5) is 79.4. The van der Waals surface area contributed by atoms with Gasteiger partial charge < -0.3 is 50.0 Å². The third-order valence-corrected chi connectivity index (χ3v) is 11.9. The van der Waals surface area contributed by atoms with Crippen molar-refractivity contribution in [3.63, 3.8) is 0 Å². The van der Waals surface area contributed by atoms with E-state index in [-0.39, 0.29) is 50.5 Å². The molecule has 78 heavy (non-hydrogen) atoms. The van der Waals surface area contributed by atoms with Crippen molar-refractivity contribution >= 4 is 93.7 Å². The first kappa shape index (κ1) is 66.3. The third-order valence-electron chi connectivity index (χ3n) is 8.49. The first-order valence-corrected chi connectivity index (χ1v) is 24.9. The third kappa shape index (κ3) is 21.7. The van der Waals surface area contributed by atoms with Crippen molar-refractivity contribution < 1.29 is 117 Å². The quantitative estimate of drug-likeness (QED) is 0.0175. The molecule has 0 fully saturated rings. The first-order chi connectivity index (χ1) is 36.0. The second kappa shape index (κ2) is 29.1. The fourth-order valence-electron chi connectivity index (χ4n) is 5.18. The van der Waals surface area contributed by atoms with Gasteiger partial charge in [-0.2, -0.15) is 40.7 Å². The predicted molar refractivity (Wildman–Crippen MR) is 255 cm³/mol. The number of carboxylic acid groups (broad SMARTS) is 4. The maximum absolute atomic E-state index is 12.6. The Labute approximate surface area is 446 Å². The van der Waals surface area contributed by atoms with Crippen LogP contribution in [-0.4, -0.2) is 118 Å². The lowest BCUT2D eigenvalue weighted by Gasteiger charge is -2.11. The molecular formula is C41H35Cl3F7N6O19PS. The maximum Gasteiger partial charge on any atom is 0.416 e. The molecule has 0 aliphatic rings. The van der Waals surface area contributed by atoms with Crippen molar-refractivity contribution in [1.82, 2.24) is 14.7 Å². The van der Waals surface area contributed by atoms with Crippen molar-refractivity contribution in [3.05, 3.63) is 126 Å². The van der Waals surface area contributed by atoms with E-state index in [1.54, 1.807) is 5.32 Å². The number of carbonyl (C=O) groups is 5. The van der Waals surface area contributed by atoms with E-state index in [1.807, 2.05) is 0 Å². The van der Waals surface area contributed by atoms with E-state index < -0.39 is 123 Å². The Morgan fingerprint density at radius 3 is 1.81 bits per heavy atom. The van der Waals surface area contributed by atoms with Gasteiger partial charge in [0.2, 0.25) is 17.7 Å². The number of nitrogens with one attached hydrogen (secondary N) is 2. The molecule has 0 bridgehead atoms. The van der Waals surface area contributed by atoms with Gasteiger partial charge in [-0.25, -0.2) is 32.3 Å². The van der Waals surface area contributed by atoms with E-state index in [9.17, 15) is 77.8 Å². The zero-order valence-electron chi connectivity index (χ0n) is 38.7. The van der Waals surface area contributed by atoms with Crippen LogP contribution in [0.1, 0.15) is 43.1 Å². The molecule has 9 N–H and O–H groups in total. The number of methoxy groups -OCH3 is 1. The Kier molecular flexibility index (Phi) is 24.7. The second-order valence-electron chi connectivity index (χ2n) is 14.2. The lowest BCUT2D eigenvalue weighted by Crippen LogP contribution is -2.35. The molecular weight excluding hydrogens is 1180 g/mol. The highest BCUT2D eigenvalue weighted by atomic mass is 35.5. The number of nitrogens with two attached hydrogens (primary N) is 1. The SMILES string of the molecule is COc1c(Cl)ccc(Cl)c1C(=O)O.CP(=O)(O)CCC(N)C(=O)O.O=C(Nc1nc(OC(F)F)cc(OC(F)F)n1)NS(=O)(=O)c1ccccc1C(=O)O.O=C(O)c1cc(Oc2ccc(C(F)(F)F)cc2Cl)ccc1[N+](=O)[O-]. The summed E-state index contributed by atoms with van der Waals surface area (Å²) in [6, 6.07) is 10.4. The van der Waals surface area contributed by atoms with Crippen LogP contribution in [0.4, 0.5) is 47.2 Å². The zero-order chi connectivity index (χ0) is 59.6. The molecule has 2 amide bonds. The van der Waals surface area contributed by atoms with Gasteiger partial charge >= 0.3 is 49.3 Å². The molecule has 424 valence electrons. The van der Waals surface area contributed by atoms with Crippen LogP contribution < -0.4 is 34.7 Å². The van der Waals surface area contributed by atoms with Gasteiger partial charge in [0.25, 0.3) is 15.7 Å². The number of rotatable bonds is 18. The number of ether oxygens (including phenoxy) is 4. The Morgan fingerprint density at radius 2 is 1.36 bits per heavy atom. The molecule has 2 atom stereocenters. The van der Waals surface area contributed by atoms with Gasteiger partial charge in [0, 0.05) is 25.0 Å². The van der Waals surface area contributed by atoms with E-state index in [0.29, 0.717) is 12.1 Å². The molecule has 37 heteroatoms. The van der Waals surface area contributed by atoms with Crippen LogP contribution in [0.2, 0.25) is 15.1 Å². The highest BCUT2D eigenvalue weighted by molar-refractivity contribution is 7.90. The lowest BCUT2D eigenvalue weighted by atomic mass is 10.1. The number of sulfonamides is 1. The second-order valence-corrected chi connectivity index (χ2v) is 19.6. The number of nitro groups is 1. The van der Waals surface area contributed by atoms with E-state index >= 15 is 0 Å². The number of hydrogen-bond donors (Lipinski definition) is 8. The Balaban J connectivity index is 0.000000384. The smallest absolute Gasteiger partial charge is 0.416 e. The zero-order valence-corrected chi connectivity index (χ0v) is 42.6. The molecule has 5 aromatic rings. The van der Waals surface area contributed by atoms with Crippen molar-refractivity contribution in [2.45, 2.75) is 36.8 Å². The number of carboxylic acids is 4. The molecule has 1 aromatic heterocycles. The van der Waals surface area contributed by atoms with Crippen molar-refractivity contribution in [2.75, 3.05) is 25.3 Å². The molecule has 0 saturated heterocycles. The molecule has 2 unspecified atom stereocenters. The average Bonchev–Trinajstić information content (AvgIpc) is 3.31. The Hall–Kier alpha value is -7.81. The first-order valence-electron chi connectivity index (χ1n) is 20.0. The number of anilines is 1. The van der Waals surface area contributed by atoms with Crippen molar-refractivity contribution in [2.24, 2.45) is 5.73 Å². The topological polar surface area (TPSA) is 394 Å².